The van der Waals surface area contributed by atoms with Gasteiger partial charge in [-0.1, -0.05) is 13.0 Å². The summed E-state index contributed by atoms with van der Waals surface area (Å²) in [4.78, 5) is 1.36. The summed E-state index contributed by atoms with van der Waals surface area (Å²) in [5.74, 6) is 0. The second-order valence-corrected chi connectivity index (χ2v) is 7.10. The molecule has 108 valence electrons. The van der Waals surface area contributed by atoms with Crippen molar-refractivity contribution < 1.29 is 0 Å². The number of hydrogen-bond acceptors (Lipinski definition) is 2. The van der Waals surface area contributed by atoms with Crippen LogP contribution in [0.15, 0.2) is 22.0 Å². The van der Waals surface area contributed by atoms with E-state index in [1.807, 2.05) is 11.3 Å². The third-order valence-corrected chi connectivity index (χ3v) is 5.96. The molecule has 0 fully saturated rings. The lowest BCUT2D eigenvalue weighted by Crippen LogP contribution is -2.23. The van der Waals surface area contributed by atoms with Crippen LogP contribution in [0.4, 0.5) is 0 Å². The smallest absolute Gasteiger partial charge is 0.0687 e. The van der Waals surface area contributed by atoms with E-state index in [1.165, 1.54) is 37.2 Å². The molecule has 2 aromatic rings. The Balaban J connectivity index is 2.64. The summed E-state index contributed by atoms with van der Waals surface area (Å²) in [6.45, 7) is 12.0. The zero-order chi connectivity index (χ0) is 14.9. The van der Waals surface area contributed by atoms with Gasteiger partial charge in [-0.2, -0.15) is 0 Å². The van der Waals surface area contributed by atoms with Gasteiger partial charge in [-0.15, -0.1) is 11.3 Å². The van der Waals surface area contributed by atoms with Crippen molar-refractivity contribution in [2.24, 2.45) is 0 Å². The van der Waals surface area contributed by atoms with Crippen molar-refractivity contribution in [1.29, 1.82) is 0 Å². The first kappa shape index (κ1) is 15.7. The third kappa shape index (κ3) is 2.85. The monoisotopic (exact) mass is 351 g/mol. The number of thiophene rings is 1. The lowest BCUT2D eigenvalue weighted by molar-refractivity contribution is 0.630. The average molecular weight is 352 g/mol. The predicted molar refractivity (Wildman–Crippen MR) is 92.9 cm³/mol. The number of halogens is 1. The van der Waals surface area contributed by atoms with Gasteiger partial charge in [-0.25, -0.2) is 0 Å². The molecule has 20 heavy (non-hydrogen) atoms. The molecule has 1 atom stereocenters. The number of hydrogen-bond donors (Lipinski definition) is 1. The summed E-state index contributed by atoms with van der Waals surface area (Å²) < 4.78 is 1.20. The van der Waals surface area contributed by atoms with Gasteiger partial charge in [0.2, 0.25) is 0 Å². The molecule has 3 heteroatoms. The molecule has 1 nitrogen and oxygen atoms in total. The molecule has 0 spiro atoms. The summed E-state index contributed by atoms with van der Waals surface area (Å²) in [6.07, 6.45) is 0. The minimum Gasteiger partial charge on any atom is -0.306 e. The fraction of sp³-hybridized carbons (Fsp3) is 0.412. The SMILES string of the molecule is CCNC(c1sccc1Br)c1c(C)c(C)cc(C)c1C. The second-order valence-electron chi connectivity index (χ2n) is 5.30. The zero-order valence-electron chi connectivity index (χ0n) is 12.8. The highest BCUT2D eigenvalue weighted by Crippen LogP contribution is 2.37. The normalized spacial score (nSPS) is 12.7. The maximum Gasteiger partial charge on any atom is 0.0687 e. The van der Waals surface area contributed by atoms with E-state index in [9.17, 15) is 0 Å². The highest BCUT2D eigenvalue weighted by Gasteiger charge is 2.22. The lowest BCUT2D eigenvalue weighted by atomic mass is 9.89. The first-order chi connectivity index (χ1) is 9.47. The van der Waals surface area contributed by atoms with Gasteiger partial charge in [-0.05, 0) is 89.4 Å². The topological polar surface area (TPSA) is 12.0 Å². The maximum atomic E-state index is 3.69. The van der Waals surface area contributed by atoms with Gasteiger partial charge < -0.3 is 5.32 Å². The molecule has 0 aliphatic carbocycles. The van der Waals surface area contributed by atoms with Gasteiger partial charge in [-0.3, -0.25) is 0 Å². The van der Waals surface area contributed by atoms with Crippen LogP contribution in [0.1, 0.15) is 45.7 Å². The molecule has 0 aliphatic heterocycles. The van der Waals surface area contributed by atoms with Crippen LogP contribution in [0.3, 0.4) is 0 Å². The van der Waals surface area contributed by atoms with Crippen LogP contribution in [0.5, 0.6) is 0 Å². The Bertz CT molecular complexity index is 589. The highest BCUT2D eigenvalue weighted by atomic mass is 79.9. The van der Waals surface area contributed by atoms with E-state index >= 15 is 0 Å². The van der Waals surface area contributed by atoms with Crippen LogP contribution in [-0.2, 0) is 0 Å². The van der Waals surface area contributed by atoms with Gasteiger partial charge in [0.15, 0.2) is 0 Å². The molecular formula is C17H22BrNS. The molecule has 2 rings (SSSR count). The maximum absolute atomic E-state index is 3.69. The third-order valence-electron chi connectivity index (χ3n) is 4.03. The van der Waals surface area contributed by atoms with Gasteiger partial charge >= 0.3 is 0 Å². The van der Waals surface area contributed by atoms with Crippen LogP contribution < -0.4 is 5.32 Å². The van der Waals surface area contributed by atoms with Crippen molar-refractivity contribution in [3.63, 3.8) is 0 Å². The second kappa shape index (κ2) is 6.42. The van der Waals surface area contributed by atoms with Crippen molar-refractivity contribution in [2.45, 2.75) is 40.7 Å². The number of rotatable bonds is 4. The molecule has 1 aromatic heterocycles. The minimum absolute atomic E-state index is 0.271. The van der Waals surface area contributed by atoms with Crippen LogP contribution >= 0.6 is 27.3 Å². The molecule has 1 N–H and O–H groups in total. The lowest BCUT2D eigenvalue weighted by Gasteiger charge is -2.24. The molecule has 0 saturated heterocycles. The van der Waals surface area contributed by atoms with Crippen molar-refractivity contribution >= 4 is 27.3 Å². The molecule has 0 aliphatic rings. The Hall–Kier alpha value is -0.640. The fourth-order valence-electron chi connectivity index (χ4n) is 2.72. The summed E-state index contributed by atoms with van der Waals surface area (Å²) in [7, 11) is 0. The quantitative estimate of drug-likeness (QED) is 0.772. The van der Waals surface area contributed by atoms with E-state index in [2.05, 4.69) is 73.4 Å². The highest BCUT2D eigenvalue weighted by molar-refractivity contribution is 9.10. The van der Waals surface area contributed by atoms with E-state index < -0.39 is 0 Å². The average Bonchev–Trinajstić information content (AvgIpc) is 2.82. The predicted octanol–water partition coefficient (Wildman–Crippen LogP) is 5.44. The molecule has 0 amide bonds. The number of benzene rings is 1. The summed E-state index contributed by atoms with van der Waals surface area (Å²) in [6, 6.07) is 4.70. The Morgan fingerprint density at radius 1 is 1.15 bits per heavy atom. The molecule has 0 bridgehead atoms. The van der Waals surface area contributed by atoms with Crippen molar-refractivity contribution in [3.05, 3.63) is 54.7 Å². The van der Waals surface area contributed by atoms with Crippen molar-refractivity contribution in [3.8, 4) is 0 Å². The van der Waals surface area contributed by atoms with E-state index in [0.717, 1.165) is 6.54 Å². The first-order valence-corrected chi connectivity index (χ1v) is 8.68. The van der Waals surface area contributed by atoms with Crippen LogP contribution in [0.2, 0.25) is 0 Å². The summed E-state index contributed by atoms with van der Waals surface area (Å²) >= 11 is 5.50. The summed E-state index contributed by atoms with van der Waals surface area (Å²) in [5.41, 5.74) is 6.99. The first-order valence-electron chi connectivity index (χ1n) is 7.00. The zero-order valence-corrected chi connectivity index (χ0v) is 15.2. The Labute approximate surface area is 134 Å². The molecule has 1 heterocycles. The molecule has 1 unspecified atom stereocenters. The minimum atomic E-state index is 0.271. The van der Waals surface area contributed by atoms with Gasteiger partial charge in [0.25, 0.3) is 0 Å². The van der Waals surface area contributed by atoms with Crippen LogP contribution in [0, 0.1) is 27.7 Å². The molecule has 1 aromatic carbocycles. The summed E-state index contributed by atoms with van der Waals surface area (Å²) in [5, 5.41) is 5.81. The fourth-order valence-corrected chi connectivity index (χ4v) is 4.41. The molecule has 0 saturated carbocycles. The molecular weight excluding hydrogens is 330 g/mol. The van der Waals surface area contributed by atoms with Gasteiger partial charge in [0.05, 0.1) is 6.04 Å². The van der Waals surface area contributed by atoms with Crippen LogP contribution in [0.25, 0.3) is 0 Å². The number of aryl methyl sites for hydroxylation is 2. The van der Waals surface area contributed by atoms with Gasteiger partial charge in [0, 0.05) is 9.35 Å². The van der Waals surface area contributed by atoms with Crippen LogP contribution in [-0.4, -0.2) is 6.54 Å². The largest absolute Gasteiger partial charge is 0.306 e. The van der Waals surface area contributed by atoms with Crippen molar-refractivity contribution in [2.75, 3.05) is 6.54 Å². The van der Waals surface area contributed by atoms with E-state index in [1.54, 1.807) is 0 Å². The van der Waals surface area contributed by atoms with Crippen molar-refractivity contribution in [1.82, 2.24) is 5.32 Å². The number of nitrogens with one attached hydrogen (secondary N) is 1. The van der Waals surface area contributed by atoms with Gasteiger partial charge in [0.1, 0.15) is 0 Å². The van der Waals surface area contributed by atoms with E-state index in [-0.39, 0.29) is 6.04 Å². The Morgan fingerprint density at radius 2 is 1.75 bits per heavy atom. The Morgan fingerprint density at radius 3 is 2.20 bits per heavy atom. The standard InChI is InChI=1S/C17H22BrNS/c1-6-19-16(17-14(18)7-8-20-17)15-12(4)10(2)9-11(3)13(15)5/h7-9,16,19H,6H2,1-5H3. The van der Waals surface area contributed by atoms with E-state index in [0.29, 0.717) is 0 Å². The molecule has 0 radical (unpaired) electrons. The van der Waals surface area contributed by atoms with E-state index in [4.69, 9.17) is 0 Å². The Kier molecular flexibility index (Phi) is 5.05.